The van der Waals surface area contributed by atoms with Crippen molar-refractivity contribution in [2.75, 3.05) is 6.61 Å². The molecule has 1 atom stereocenters. The topological polar surface area (TPSA) is 53.1 Å². The van der Waals surface area contributed by atoms with Gasteiger partial charge in [0.15, 0.2) is 0 Å². The summed E-state index contributed by atoms with van der Waals surface area (Å²) < 4.78 is 7.28. The Bertz CT molecular complexity index is 333. The molecule has 1 aromatic rings. The number of aromatic nitrogens is 2. The van der Waals surface area contributed by atoms with Crippen molar-refractivity contribution in [2.24, 2.45) is 5.73 Å². The zero-order valence-electron chi connectivity index (χ0n) is 10.8. The molecule has 0 aliphatic heterocycles. The lowest BCUT2D eigenvalue weighted by Crippen LogP contribution is -2.22. The summed E-state index contributed by atoms with van der Waals surface area (Å²) in [5, 5.41) is 4.47. The standard InChI is InChI=1S/C12H23N3O/c1-5-11(13)7-12-9(3)14-15(10(12)4)8-16-6-2/h11H,5-8,13H2,1-4H3. The van der Waals surface area contributed by atoms with E-state index in [2.05, 4.69) is 18.9 Å². The van der Waals surface area contributed by atoms with Crippen molar-refractivity contribution >= 4 is 0 Å². The fourth-order valence-corrected chi connectivity index (χ4v) is 1.74. The Morgan fingerprint density at radius 2 is 2.06 bits per heavy atom. The molecule has 0 bridgehead atoms. The lowest BCUT2D eigenvalue weighted by atomic mass is 10.0. The lowest BCUT2D eigenvalue weighted by Gasteiger charge is -2.09. The third kappa shape index (κ3) is 3.06. The van der Waals surface area contributed by atoms with Crippen LogP contribution < -0.4 is 5.73 Å². The highest BCUT2D eigenvalue weighted by Crippen LogP contribution is 2.15. The van der Waals surface area contributed by atoms with Gasteiger partial charge in [0.1, 0.15) is 6.73 Å². The molecule has 1 unspecified atom stereocenters. The Hall–Kier alpha value is -0.870. The molecule has 0 saturated heterocycles. The molecule has 0 saturated carbocycles. The molecular weight excluding hydrogens is 202 g/mol. The van der Waals surface area contributed by atoms with Gasteiger partial charge in [-0.15, -0.1) is 0 Å². The molecule has 0 spiro atoms. The number of rotatable bonds is 6. The van der Waals surface area contributed by atoms with Crippen molar-refractivity contribution in [3.8, 4) is 0 Å². The van der Waals surface area contributed by atoms with Gasteiger partial charge in [-0.05, 0) is 39.2 Å². The zero-order chi connectivity index (χ0) is 12.1. The van der Waals surface area contributed by atoms with Crippen LogP contribution in [0.25, 0.3) is 0 Å². The summed E-state index contributed by atoms with van der Waals surface area (Å²) in [4.78, 5) is 0. The molecule has 1 heterocycles. The summed E-state index contributed by atoms with van der Waals surface area (Å²) in [6.45, 7) is 9.45. The van der Waals surface area contributed by atoms with Gasteiger partial charge in [-0.2, -0.15) is 5.10 Å². The normalized spacial score (nSPS) is 13.1. The van der Waals surface area contributed by atoms with E-state index in [1.54, 1.807) is 0 Å². The highest BCUT2D eigenvalue weighted by molar-refractivity contribution is 5.25. The van der Waals surface area contributed by atoms with E-state index in [0.29, 0.717) is 13.3 Å². The molecular formula is C12H23N3O. The van der Waals surface area contributed by atoms with E-state index in [4.69, 9.17) is 10.5 Å². The SMILES string of the molecule is CCOCn1nc(C)c(CC(N)CC)c1C. The molecule has 0 radical (unpaired) electrons. The molecule has 0 aliphatic rings. The number of hydrogen-bond acceptors (Lipinski definition) is 3. The smallest absolute Gasteiger partial charge is 0.139 e. The average molecular weight is 225 g/mol. The quantitative estimate of drug-likeness (QED) is 0.803. The molecule has 92 valence electrons. The van der Waals surface area contributed by atoms with Crippen LogP contribution in [0.4, 0.5) is 0 Å². The second-order valence-corrected chi connectivity index (χ2v) is 4.14. The van der Waals surface area contributed by atoms with E-state index in [9.17, 15) is 0 Å². The maximum absolute atomic E-state index is 5.98. The Labute approximate surface area is 97.8 Å². The van der Waals surface area contributed by atoms with Gasteiger partial charge in [-0.25, -0.2) is 4.68 Å². The molecule has 0 amide bonds. The van der Waals surface area contributed by atoms with Gasteiger partial charge in [0.2, 0.25) is 0 Å². The fraction of sp³-hybridized carbons (Fsp3) is 0.750. The van der Waals surface area contributed by atoms with E-state index in [-0.39, 0.29) is 6.04 Å². The highest BCUT2D eigenvalue weighted by atomic mass is 16.5. The summed E-state index contributed by atoms with van der Waals surface area (Å²) >= 11 is 0. The van der Waals surface area contributed by atoms with Crippen molar-refractivity contribution in [1.29, 1.82) is 0 Å². The maximum atomic E-state index is 5.98. The molecule has 4 nitrogen and oxygen atoms in total. The van der Waals surface area contributed by atoms with Crippen LogP contribution in [0, 0.1) is 13.8 Å². The van der Waals surface area contributed by atoms with Gasteiger partial charge >= 0.3 is 0 Å². The van der Waals surface area contributed by atoms with Crippen molar-refractivity contribution in [3.05, 3.63) is 17.0 Å². The first-order valence-electron chi connectivity index (χ1n) is 5.96. The van der Waals surface area contributed by atoms with Gasteiger partial charge in [-0.1, -0.05) is 6.92 Å². The Balaban J connectivity index is 2.80. The summed E-state index contributed by atoms with van der Waals surface area (Å²) in [5.41, 5.74) is 9.50. The lowest BCUT2D eigenvalue weighted by molar-refractivity contribution is 0.0774. The fourth-order valence-electron chi connectivity index (χ4n) is 1.74. The van der Waals surface area contributed by atoms with Crippen LogP contribution in [-0.2, 0) is 17.9 Å². The molecule has 2 N–H and O–H groups in total. The van der Waals surface area contributed by atoms with E-state index in [1.807, 2.05) is 18.5 Å². The van der Waals surface area contributed by atoms with E-state index in [0.717, 1.165) is 18.5 Å². The Morgan fingerprint density at radius 1 is 1.38 bits per heavy atom. The van der Waals surface area contributed by atoms with Crippen LogP contribution in [0.1, 0.15) is 37.2 Å². The largest absolute Gasteiger partial charge is 0.360 e. The number of aryl methyl sites for hydroxylation is 1. The van der Waals surface area contributed by atoms with Gasteiger partial charge in [-0.3, -0.25) is 0 Å². The maximum Gasteiger partial charge on any atom is 0.139 e. The minimum atomic E-state index is 0.224. The Kier molecular flexibility index (Phi) is 4.96. The van der Waals surface area contributed by atoms with Gasteiger partial charge in [0.05, 0.1) is 5.69 Å². The van der Waals surface area contributed by atoms with Gasteiger partial charge in [0.25, 0.3) is 0 Å². The van der Waals surface area contributed by atoms with Crippen molar-refractivity contribution in [2.45, 2.75) is 53.3 Å². The molecule has 1 rings (SSSR count). The van der Waals surface area contributed by atoms with Crippen molar-refractivity contribution in [1.82, 2.24) is 9.78 Å². The summed E-state index contributed by atoms with van der Waals surface area (Å²) in [5.74, 6) is 0. The summed E-state index contributed by atoms with van der Waals surface area (Å²) in [6.07, 6.45) is 1.90. The highest BCUT2D eigenvalue weighted by Gasteiger charge is 2.13. The molecule has 0 fully saturated rings. The number of ether oxygens (including phenoxy) is 1. The summed E-state index contributed by atoms with van der Waals surface area (Å²) in [6, 6.07) is 0.224. The monoisotopic (exact) mass is 225 g/mol. The molecule has 0 aliphatic carbocycles. The first kappa shape index (κ1) is 13.2. The minimum Gasteiger partial charge on any atom is -0.360 e. The second kappa shape index (κ2) is 6.01. The van der Waals surface area contributed by atoms with E-state index >= 15 is 0 Å². The predicted molar refractivity (Wildman–Crippen MR) is 65.3 cm³/mol. The minimum absolute atomic E-state index is 0.224. The summed E-state index contributed by atoms with van der Waals surface area (Å²) in [7, 11) is 0. The average Bonchev–Trinajstić information content (AvgIpc) is 2.53. The van der Waals surface area contributed by atoms with Crippen LogP contribution in [0.3, 0.4) is 0 Å². The van der Waals surface area contributed by atoms with Crippen LogP contribution in [-0.4, -0.2) is 22.4 Å². The zero-order valence-corrected chi connectivity index (χ0v) is 10.8. The third-order valence-corrected chi connectivity index (χ3v) is 2.94. The van der Waals surface area contributed by atoms with Crippen LogP contribution in [0.5, 0.6) is 0 Å². The van der Waals surface area contributed by atoms with E-state index < -0.39 is 0 Å². The van der Waals surface area contributed by atoms with Crippen LogP contribution in [0.2, 0.25) is 0 Å². The molecule has 4 heteroatoms. The third-order valence-electron chi connectivity index (χ3n) is 2.94. The molecule has 1 aromatic heterocycles. The van der Waals surface area contributed by atoms with Gasteiger partial charge in [0, 0.05) is 18.3 Å². The van der Waals surface area contributed by atoms with E-state index in [1.165, 1.54) is 11.3 Å². The second-order valence-electron chi connectivity index (χ2n) is 4.14. The number of hydrogen-bond donors (Lipinski definition) is 1. The predicted octanol–water partition coefficient (Wildman–Crippen LogP) is 1.77. The number of nitrogens with two attached hydrogens (primary N) is 1. The van der Waals surface area contributed by atoms with Gasteiger partial charge < -0.3 is 10.5 Å². The van der Waals surface area contributed by atoms with Crippen LogP contribution >= 0.6 is 0 Å². The van der Waals surface area contributed by atoms with Crippen LogP contribution in [0.15, 0.2) is 0 Å². The first-order chi connectivity index (χ1) is 7.60. The van der Waals surface area contributed by atoms with Crippen molar-refractivity contribution < 1.29 is 4.74 Å². The number of nitrogens with zero attached hydrogens (tertiary/aromatic N) is 2. The molecule has 0 aromatic carbocycles. The molecule has 16 heavy (non-hydrogen) atoms. The first-order valence-corrected chi connectivity index (χ1v) is 5.96. The Morgan fingerprint density at radius 3 is 2.62 bits per heavy atom. The van der Waals surface area contributed by atoms with Crippen molar-refractivity contribution in [3.63, 3.8) is 0 Å².